The monoisotopic (exact) mass is 557 g/mol. The number of hydrogen-bond donors (Lipinski definition) is 3. The van der Waals surface area contributed by atoms with E-state index < -0.39 is 11.7 Å². The summed E-state index contributed by atoms with van der Waals surface area (Å²) in [6.07, 6.45) is 3.98. The Morgan fingerprint density at radius 2 is 2.14 bits per heavy atom. The Morgan fingerprint density at radius 3 is 2.86 bits per heavy atom. The first-order chi connectivity index (χ1) is 17.6. The van der Waals surface area contributed by atoms with Crippen molar-refractivity contribution in [1.82, 2.24) is 15.2 Å². The van der Waals surface area contributed by atoms with E-state index >= 15 is 0 Å². The minimum atomic E-state index is -0.629. The van der Waals surface area contributed by atoms with Gasteiger partial charge in [-0.3, -0.25) is 15.6 Å². The number of benzene rings is 1. The molecule has 1 aromatic carbocycles. The minimum Gasteiger partial charge on any atom is -0.444 e. The van der Waals surface area contributed by atoms with E-state index in [0.717, 1.165) is 38.7 Å². The number of carbonyl (C=O) groups excluding carboxylic acids is 1. The fraction of sp³-hybridized carbons (Fsp3) is 0.444. The van der Waals surface area contributed by atoms with Crippen LogP contribution in [-0.2, 0) is 11.3 Å². The molecule has 0 spiro atoms. The van der Waals surface area contributed by atoms with Crippen molar-refractivity contribution in [1.29, 1.82) is 5.41 Å². The normalized spacial score (nSPS) is 16.4. The molecule has 1 saturated heterocycles. The number of thiazole rings is 1. The van der Waals surface area contributed by atoms with Gasteiger partial charge in [0.05, 0.1) is 14.8 Å². The van der Waals surface area contributed by atoms with E-state index in [4.69, 9.17) is 15.1 Å². The van der Waals surface area contributed by atoms with Crippen molar-refractivity contribution in [2.24, 2.45) is 5.92 Å². The van der Waals surface area contributed by atoms with E-state index in [1.807, 2.05) is 17.7 Å². The number of aromatic nitrogens is 1. The van der Waals surface area contributed by atoms with Gasteiger partial charge in [-0.1, -0.05) is 19.1 Å². The summed E-state index contributed by atoms with van der Waals surface area (Å²) in [5, 5.41) is 17.2. The van der Waals surface area contributed by atoms with Gasteiger partial charge >= 0.3 is 6.09 Å². The molecule has 3 aromatic rings. The molecule has 0 aliphatic carbocycles. The van der Waals surface area contributed by atoms with E-state index in [0.29, 0.717) is 4.88 Å². The fourth-order valence-electron chi connectivity index (χ4n) is 4.31. The molecule has 4 rings (SSSR count). The molecule has 2 aromatic heterocycles. The van der Waals surface area contributed by atoms with Gasteiger partial charge in [0.25, 0.3) is 0 Å². The van der Waals surface area contributed by atoms with Gasteiger partial charge in [0.1, 0.15) is 11.4 Å². The van der Waals surface area contributed by atoms with Gasteiger partial charge in [0, 0.05) is 29.7 Å². The number of rotatable bonds is 7. The first-order valence-corrected chi connectivity index (χ1v) is 15.3. The molecule has 1 atom stereocenters. The highest BCUT2D eigenvalue weighted by molar-refractivity contribution is 8.00. The van der Waals surface area contributed by atoms with Crippen LogP contribution in [0.3, 0.4) is 0 Å². The molecule has 1 amide bonds. The number of thioether (sulfide) groups is 1. The summed E-state index contributed by atoms with van der Waals surface area (Å²) in [6.45, 7) is 11.0. The molecule has 3 heterocycles. The van der Waals surface area contributed by atoms with Crippen molar-refractivity contribution in [3.05, 3.63) is 46.2 Å². The molecule has 1 aliphatic rings. The predicted molar refractivity (Wildman–Crippen MR) is 157 cm³/mol. The maximum atomic E-state index is 12.1. The van der Waals surface area contributed by atoms with Crippen molar-refractivity contribution in [2.45, 2.75) is 56.9 Å². The molecule has 0 radical (unpaired) electrons. The summed E-state index contributed by atoms with van der Waals surface area (Å²) in [6, 6.07) is 10.5. The first-order valence-electron chi connectivity index (χ1n) is 12.4. The number of likely N-dealkylation sites (tertiary alicyclic amines) is 1. The van der Waals surface area contributed by atoms with Gasteiger partial charge in [0.2, 0.25) is 0 Å². The molecular weight excluding hydrogens is 523 g/mol. The molecule has 198 valence electrons. The van der Waals surface area contributed by atoms with Gasteiger partial charge < -0.3 is 10.1 Å². The lowest BCUT2D eigenvalue weighted by atomic mass is 10.00. The topological polar surface area (TPSA) is 90.3 Å². The molecule has 0 bridgehead atoms. The number of carbonyl (C=O) groups is 1. The predicted octanol–water partition coefficient (Wildman–Crippen LogP) is 7.42. The lowest BCUT2D eigenvalue weighted by molar-refractivity contribution is 0.0563. The molecule has 1 fully saturated rings. The molecule has 1 unspecified atom stereocenters. The molecule has 1 aliphatic heterocycles. The number of alkyl carbamates (subject to hydrolysis) is 1. The number of ether oxygens (including phenoxy) is 1. The third kappa shape index (κ3) is 7.80. The van der Waals surface area contributed by atoms with Gasteiger partial charge in [0.15, 0.2) is 5.13 Å². The SMILES string of the molecule is CSc1sc(C(=N)NC(=O)OC(C)(C)C)cc1-c1csc(Nc2cccc(CN3CCCC(C)C3)c2)n1. The largest absolute Gasteiger partial charge is 0.444 e. The molecule has 37 heavy (non-hydrogen) atoms. The van der Waals surface area contributed by atoms with E-state index in [-0.39, 0.29) is 5.84 Å². The average molecular weight is 558 g/mol. The third-order valence-corrected chi connectivity index (χ3v) is 8.91. The van der Waals surface area contributed by atoms with Crippen molar-refractivity contribution in [3.8, 4) is 11.3 Å². The lowest BCUT2D eigenvalue weighted by Crippen LogP contribution is -2.36. The van der Waals surface area contributed by atoms with Crippen LogP contribution in [0.2, 0.25) is 0 Å². The van der Waals surface area contributed by atoms with Crippen LogP contribution in [0, 0.1) is 11.3 Å². The van der Waals surface area contributed by atoms with Crippen LogP contribution in [0.25, 0.3) is 11.3 Å². The van der Waals surface area contributed by atoms with Crippen LogP contribution < -0.4 is 10.6 Å². The Kier molecular flexibility index (Phi) is 8.94. The Morgan fingerprint density at radius 1 is 1.32 bits per heavy atom. The molecule has 3 N–H and O–H groups in total. The zero-order valence-electron chi connectivity index (χ0n) is 22.0. The number of anilines is 2. The average Bonchev–Trinajstić information content (AvgIpc) is 3.45. The summed E-state index contributed by atoms with van der Waals surface area (Å²) >= 11 is 4.62. The molecule has 10 heteroatoms. The van der Waals surface area contributed by atoms with E-state index in [2.05, 4.69) is 46.7 Å². The molecule has 7 nitrogen and oxygen atoms in total. The summed E-state index contributed by atoms with van der Waals surface area (Å²) in [5.74, 6) is 0.790. The van der Waals surface area contributed by atoms with Gasteiger partial charge in [-0.15, -0.1) is 34.4 Å². The van der Waals surface area contributed by atoms with E-state index in [9.17, 15) is 4.79 Å². The number of piperidine rings is 1. The molecule has 0 saturated carbocycles. The highest BCUT2D eigenvalue weighted by Crippen LogP contribution is 2.39. The van der Waals surface area contributed by atoms with Crippen LogP contribution >= 0.6 is 34.4 Å². The van der Waals surface area contributed by atoms with Crippen LogP contribution in [0.1, 0.15) is 51.0 Å². The zero-order chi connectivity index (χ0) is 26.6. The molecular formula is C27H35N5O2S3. The lowest BCUT2D eigenvalue weighted by Gasteiger charge is -2.30. The second kappa shape index (κ2) is 12.0. The Labute approximate surface area is 231 Å². The van der Waals surface area contributed by atoms with Crippen molar-refractivity contribution >= 4 is 57.2 Å². The number of hydrogen-bond acceptors (Lipinski definition) is 9. The van der Waals surface area contributed by atoms with Crippen molar-refractivity contribution in [2.75, 3.05) is 24.7 Å². The summed E-state index contributed by atoms with van der Waals surface area (Å²) in [4.78, 5) is 20.1. The minimum absolute atomic E-state index is 0.0225. The summed E-state index contributed by atoms with van der Waals surface area (Å²) < 4.78 is 6.32. The smallest absolute Gasteiger partial charge is 0.413 e. The third-order valence-electron chi connectivity index (χ3n) is 5.86. The summed E-state index contributed by atoms with van der Waals surface area (Å²) in [7, 11) is 0. The Hall–Kier alpha value is -2.40. The van der Waals surface area contributed by atoms with Crippen LogP contribution in [0.4, 0.5) is 15.6 Å². The van der Waals surface area contributed by atoms with E-state index in [1.54, 1.807) is 43.9 Å². The Bertz CT molecular complexity index is 1250. The maximum Gasteiger partial charge on any atom is 0.413 e. The van der Waals surface area contributed by atoms with E-state index in [1.165, 1.54) is 42.8 Å². The maximum absolute atomic E-state index is 12.1. The summed E-state index contributed by atoms with van der Waals surface area (Å²) in [5.41, 5.74) is 3.52. The highest BCUT2D eigenvalue weighted by atomic mass is 32.2. The number of amidine groups is 1. The number of amides is 1. The highest BCUT2D eigenvalue weighted by Gasteiger charge is 2.21. The standard InChI is InChI=1S/C27H35N5O2S3/c1-17-8-7-11-32(14-17)15-18-9-6-10-19(12-18)29-25-30-21(16-36-25)20-13-22(37-24(20)35-5)23(28)31-26(33)34-27(2,3)4/h6,9-10,12-13,16-17H,7-8,11,14-15H2,1-5H3,(H,29,30)(H2,28,31,33). The van der Waals surface area contributed by atoms with Crippen LogP contribution in [-0.4, -0.2) is 46.8 Å². The first kappa shape index (κ1) is 27.6. The number of thiophene rings is 1. The van der Waals surface area contributed by atoms with Crippen LogP contribution in [0.5, 0.6) is 0 Å². The van der Waals surface area contributed by atoms with Crippen molar-refractivity contribution in [3.63, 3.8) is 0 Å². The van der Waals surface area contributed by atoms with Gasteiger partial charge in [-0.2, -0.15) is 0 Å². The Balaban J connectivity index is 1.43. The zero-order valence-corrected chi connectivity index (χ0v) is 24.5. The van der Waals surface area contributed by atoms with Gasteiger partial charge in [-0.25, -0.2) is 9.78 Å². The van der Waals surface area contributed by atoms with Crippen molar-refractivity contribution < 1.29 is 9.53 Å². The second-order valence-corrected chi connectivity index (χ2v) is 13.3. The van der Waals surface area contributed by atoms with Gasteiger partial charge in [-0.05, 0) is 76.1 Å². The fourth-order valence-corrected chi connectivity index (χ4v) is 6.83. The number of nitrogens with one attached hydrogen (secondary N) is 3. The van der Waals surface area contributed by atoms with Crippen LogP contribution in [0.15, 0.2) is 39.9 Å². The second-order valence-electron chi connectivity index (χ2n) is 10.4. The quantitative estimate of drug-likeness (QED) is 0.159. The number of nitrogens with zero attached hydrogens (tertiary/aromatic N) is 2.